The van der Waals surface area contributed by atoms with Gasteiger partial charge in [-0.15, -0.1) is 0 Å². The molecule has 1 heterocycles. The summed E-state index contributed by atoms with van der Waals surface area (Å²) in [5.74, 6) is 0.398. The van der Waals surface area contributed by atoms with Crippen LogP contribution in [0.2, 0.25) is 0 Å². The molecule has 1 aromatic rings. The van der Waals surface area contributed by atoms with Gasteiger partial charge in [-0.25, -0.2) is 0 Å². The molecule has 0 bridgehead atoms. The fourth-order valence-corrected chi connectivity index (χ4v) is 4.78. The number of nitrogens with zero attached hydrogens (tertiary/aromatic N) is 1. The van der Waals surface area contributed by atoms with E-state index in [0.717, 1.165) is 25.1 Å². The van der Waals surface area contributed by atoms with Gasteiger partial charge >= 0.3 is 0 Å². The van der Waals surface area contributed by atoms with Gasteiger partial charge in [0.2, 0.25) is 0 Å². The number of benzene rings is 1. The topological polar surface area (TPSA) is 43.7 Å². The number of piperidine rings is 1. The number of likely N-dealkylation sites (tertiary alicyclic amines) is 1. The summed E-state index contributed by atoms with van der Waals surface area (Å²) in [6.07, 6.45) is 14.2. The van der Waals surface area contributed by atoms with Crippen molar-refractivity contribution in [1.29, 1.82) is 0 Å². The minimum Gasteiger partial charge on any atom is -0.508 e. The molecule has 2 unspecified atom stereocenters. The first kappa shape index (κ1) is 18.7. The lowest BCUT2D eigenvalue weighted by Crippen LogP contribution is -2.47. The number of aromatic hydroxyl groups is 1. The summed E-state index contributed by atoms with van der Waals surface area (Å²) in [6.45, 7) is 1.80. The molecule has 3 nitrogen and oxygen atoms in total. The van der Waals surface area contributed by atoms with Crippen molar-refractivity contribution < 1.29 is 10.2 Å². The highest BCUT2D eigenvalue weighted by molar-refractivity contribution is 5.36. The van der Waals surface area contributed by atoms with E-state index in [1.54, 1.807) is 6.07 Å². The van der Waals surface area contributed by atoms with E-state index in [4.69, 9.17) is 0 Å². The van der Waals surface area contributed by atoms with Crippen LogP contribution in [0.5, 0.6) is 5.75 Å². The Balaban J connectivity index is 1.59. The van der Waals surface area contributed by atoms with E-state index in [9.17, 15) is 10.2 Å². The lowest BCUT2D eigenvalue weighted by Gasteiger charge is -2.41. The number of para-hydroxylation sites is 1. The van der Waals surface area contributed by atoms with Crippen LogP contribution in [-0.2, 0) is 0 Å². The maximum absolute atomic E-state index is 10.8. The smallest absolute Gasteiger partial charge is 0.119 e. The van der Waals surface area contributed by atoms with Crippen LogP contribution in [0.1, 0.15) is 82.1 Å². The molecule has 1 aliphatic carbocycles. The number of phenolic OH excluding ortho intramolecular Hbond substituents is 1. The molecule has 25 heavy (non-hydrogen) atoms. The molecule has 2 fully saturated rings. The zero-order valence-electron chi connectivity index (χ0n) is 15.6. The van der Waals surface area contributed by atoms with Crippen molar-refractivity contribution in [2.45, 2.75) is 88.7 Å². The van der Waals surface area contributed by atoms with E-state index in [0.29, 0.717) is 11.8 Å². The van der Waals surface area contributed by atoms with Crippen LogP contribution >= 0.6 is 0 Å². The Hall–Kier alpha value is -1.06. The molecular formula is C22H35NO2. The standard InChI is InChI=1S/C22H35NO2/c24-21-14-10-9-13-19(21)20-15-16-23(17-22(20)25)18-11-7-5-3-1-2-4-6-8-12-18/h9-10,13-14,18,20,22,24-25H,1-8,11-12,15-17H2. The number of aliphatic hydroxyl groups is 1. The van der Waals surface area contributed by atoms with Crippen LogP contribution in [-0.4, -0.2) is 40.3 Å². The molecule has 140 valence electrons. The van der Waals surface area contributed by atoms with Crippen molar-refractivity contribution in [2.24, 2.45) is 0 Å². The second-order valence-electron chi connectivity index (χ2n) is 8.08. The third-order valence-electron chi connectivity index (χ3n) is 6.29. The molecule has 0 aromatic heterocycles. The Morgan fingerprint density at radius 2 is 1.40 bits per heavy atom. The molecule has 0 amide bonds. The average Bonchev–Trinajstić information content (AvgIpc) is 2.68. The summed E-state index contributed by atoms with van der Waals surface area (Å²) >= 11 is 0. The Kier molecular flexibility index (Phi) is 7.18. The number of β-amino-alcohol motifs (C(OH)–C–C–N with tert-alkyl or cyclic N) is 1. The number of aliphatic hydroxyl groups excluding tert-OH is 1. The highest BCUT2D eigenvalue weighted by Crippen LogP contribution is 2.35. The van der Waals surface area contributed by atoms with Gasteiger partial charge in [-0.05, 0) is 37.4 Å². The molecule has 1 saturated carbocycles. The van der Waals surface area contributed by atoms with Crippen LogP contribution in [0.4, 0.5) is 0 Å². The lowest BCUT2D eigenvalue weighted by molar-refractivity contribution is 0.0238. The maximum Gasteiger partial charge on any atom is 0.119 e. The summed E-state index contributed by atoms with van der Waals surface area (Å²) in [4.78, 5) is 2.54. The summed E-state index contributed by atoms with van der Waals surface area (Å²) < 4.78 is 0. The molecule has 1 aliphatic heterocycles. The van der Waals surface area contributed by atoms with Gasteiger partial charge in [0.15, 0.2) is 0 Å². The third kappa shape index (κ3) is 5.21. The maximum atomic E-state index is 10.8. The van der Waals surface area contributed by atoms with Crippen molar-refractivity contribution in [3.63, 3.8) is 0 Å². The number of rotatable bonds is 2. The van der Waals surface area contributed by atoms with Gasteiger partial charge < -0.3 is 10.2 Å². The van der Waals surface area contributed by atoms with Gasteiger partial charge in [0.1, 0.15) is 5.75 Å². The van der Waals surface area contributed by atoms with Gasteiger partial charge in [0, 0.05) is 18.5 Å². The largest absolute Gasteiger partial charge is 0.508 e. The predicted molar refractivity (Wildman–Crippen MR) is 103 cm³/mol. The van der Waals surface area contributed by atoms with E-state index in [-0.39, 0.29) is 12.0 Å². The first-order valence-corrected chi connectivity index (χ1v) is 10.5. The number of phenols is 1. The van der Waals surface area contributed by atoms with Crippen LogP contribution in [0, 0.1) is 0 Å². The molecular weight excluding hydrogens is 310 g/mol. The number of hydrogen-bond donors (Lipinski definition) is 2. The van der Waals surface area contributed by atoms with Crippen molar-refractivity contribution >= 4 is 0 Å². The zero-order chi connectivity index (χ0) is 17.5. The fourth-order valence-electron chi connectivity index (χ4n) is 4.78. The SMILES string of the molecule is Oc1ccccc1C1CCN(C2CCCCCCCCCC2)CC1O. The quantitative estimate of drug-likeness (QED) is 0.807. The second-order valence-corrected chi connectivity index (χ2v) is 8.08. The summed E-state index contributed by atoms with van der Waals surface area (Å²) in [6, 6.07) is 8.14. The summed E-state index contributed by atoms with van der Waals surface area (Å²) in [5.41, 5.74) is 0.914. The highest BCUT2D eigenvalue weighted by atomic mass is 16.3. The van der Waals surface area contributed by atoms with Gasteiger partial charge in [-0.1, -0.05) is 69.6 Å². The monoisotopic (exact) mass is 345 g/mol. The van der Waals surface area contributed by atoms with Crippen molar-refractivity contribution in [3.8, 4) is 5.75 Å². The molecule has 1 saturated heterocycles. The molecule has 3 heteroatoms. The van der Waals surface area contributed by atoms with Crippen LogP contribution < -0.4 is 0 Å². The Morgan fingerprint density at radius 3 is 2.00 bits per heavy atom. The van der Waals surface area contributed by atoms with Crippen LogP contribution in [0.25, 0.3) is 0 Å². The average molecular weight is 346 g/mol. The second kappa shape index (κ2) is 9.59. The molecule has 2 atom stereocenters. The van der Waals surface area contributed by atoms with Crippen molar-refractivity contribution in [1.82, 2.24) is 4.90 Å². The first-order valence-electron chi connectivity index (χ1n) is 10.5. The van der Waals surface area contributed by atoms with Crippen LogP contribution in [0.3, 0.4) is 0 Å². The first-order chi connectivity index (χ1) is 12.3. The van der Waals surface area contributed by atoms with Crippen LogP contribution in [0.15, 0.2) is 24.3 Å². The number of hydrogen-bond acceptors (Lipinski definition) is 3. The molecule has 0 spiro atoms. The third-order valence-corrected chi connectivity index (χ3v) is 6.29. The Morgan fingerprint density at radius 1 is 0.800 bits per heavy atom. The predicted octanol–water partition coefficient (Wildman–Crippen LogP) is 4.83. The minimum absolute atomic E-state index is 0.0696. The van der Waals surface area contributed by atoms with E-state index in [2.05, 4.69) is 4.90 Å². The van der Waals surface area contributed by atoms with E-state index in [1.807, 2.05) is 18.2 Å². The molecule has 2 N–H and O–H groups in total. The fraction of sp³-hybridized carbons (Fsp3) is 0.727. The normalized spacial score (nSPS) is 28.4. The Labute approximate surface area is 153 Å². The molecule has 2 aliphatic rings. The summed E-state index contributed by atoms with van der Waals surface area (Å²) in [7, 11) is 0. The zero-order valence-corrected chi connectivity index (χ0v) is 15.6. The van der Waals surface area contributed by atoms with E-state index < -0.39 is 0 Å². The molecule has 0 radical (unpaired) electrons. The van der Waals surface area contributed by atoms with Gasteiger partial charge in [-0.2, -0.15) is 0 Å². The molecule has 3 rings (SSSR count). The van der Waals surface area contributed by atoms with Gasteiger partial charge in [0.25, 0.3) is 0 Å². The Bertz CT molecular complexity index is 507. The van der Waals surface area contributed by atoms with E-state index in [1.165, 1.54) is 64.2 Å². The summed E-state index contributed by atoms with van der Waals surface area (Å²) in [5, 5.41) is 20.9. The minimum atomic E-state index is -0.375. The lowest BCUT2D eigenvalue weighted by atomic mass is 9.85. The van der Waals surface area contributed by atoms with Gasteiger partial charge in [0.05, 0.1) is 6.10 Å². The van der Waals surface area contributed by atoms with Gasteiger partial charge in [-0.3, -0.25) is 4.90 Å². The van der Waals surface area contributed by atoms with Crippen molar-refractivity contribution in [2.75, 3.05) is 13.1 Å². The van der Waals surface area contributed by atoms with E-state index >= 15 is 0 Å². The highest BCUT2D eigenvalue weighted by Gasteiger charge is 2.33. The molecule has 1 aromatic carbocycles. The van der Waals surface area contributed by atoms with Crippen molar-refractivity contribution in [3.05, 3.63) is 29.8 Å².